The standard InChI is InChI=1S/C23H28O5/c1-4-15(11-16-9-10-24-18(16)5-2)22(23-19(6-3)25-14-28-23)17-7-8-20-21(12-17)27-13-26-20/h4-5,7-8,11-12,15,19,22-23H,1,6,9-10,13-14H2,2-3H3/b16-11-,18-5+. The maximum atomic E-state index is 6.08. The summed E-state index contributed by atoms with van der Waals surface area (Å²) >= 11 is 0. The highest BCUT2D eigenvalue weighted by Crippen LogP contribution is 2.42. The van der Waals surface area contributed by atoms with Crippen molar-refractivity contribution in [2.75, 3.05) is 20.2 Å². The smallest absolute Gasteiger partial charge is 0.231 e. The minimum absolute atomic E-state index is 0.0530. The van der Waals surface area contributed by atoms with Gasteiger partial charge in [0.15, 0.2) is 11.5 Å². The molecule has 0 radical (unpaired) electrons. The summed E-state index contributed by atoms with van der Waals surface area (Å²) in [6, 6.07) is 6.15. The first-order valence-electron chi connectivity index (χ1n) is 10.0. The zero-order valence-electron chi connectivity index (χ0n) is 16.6. The molecule has 2 fully saturated rings. The van der Waals surface area contributed by atoms with Crippen molar-refractivity contribution in [3.05, 3.63) is 59.9 Å². The molecule has 1 aromatic rings. The molecule has 0 saturated carbocycles. The van der Waals surface area contributed by atoms with Crippen LogP contribution in [0, 0.1) is 5.92 Å². The second-order valence-corrected chi connectivity index (χ2v) is 7.26. The molecule has 5 nitrogen and oxygen atoms in total. The molecule has 5 heteroatoms. The first-order chi connectivity index (χ1) is 13.7. The zero-order valence-corrected chi connectivity index (χ0v) is 16.6. The summed E-state index contributed by atoms with van der Waals surface area (Å²) in [5.74, 6) is 2.67. The second-order valence-electron chi connectivity index (χ2n) is 7.26. The van der Waals surface area contributed by atoms with Gasteiger partial charge in [-0.25, -0.2) is 0 Å². The molecule has 3 aliphatic rings. The van der Waals surface area contributed by atoms with E-state index in [9.17, 15) is 0 Å². The summed E-state index contributed by atoms with van der Waals surface area (Å²) in [4.78, 5) is 0. The van der Waals surface area contributed by atoms with Gasteiger partial charge in [0.1, 0.15) is 12.6 Å². The van der Waals surface area contributed by atoms with Gasteiger partial charge in [-0.2, -0.15) is 0 Å². The van der Waals surface area contributed by atoms with Crippen molar-refractivity contribution in [3.63, 3.8) is 0 Å². The summed E-state index contributed by atoms with van der Waals surface area (Å²) in [5, 5.41) is 0. The highest BCUT2D eigenvalue weighted by atomic mass is 16.7. The van der Waals surface area contributed by atoms with Crippen LogP contribution in [0.5, 0.6) is 11.5 Å². The second kappa shape index (κ2) is 8.41. The number of benzene rings is 1. The molecule has 0 aliphatic carbocycles. The fraction of sp³-hybridized carbons (Fsp3) is 0.478. The fourth-order valence-corrected chi connectivity index (χ4v) is 4.32. The van der Waals surface area contributed by atoms with Crippen molar-refractivity contribution >= 4 is 0 Å². The van der Waals surface area contributed by atoms with E-state index < -0.39 is 0 Å². The Kier molecular flexibility index (Phi) is 5.74. The third kappa shape index (κ3) is 3.56. The summed E-state index contributed by atoms with van der Waals surface area (Å²) in [6.07, 6.45) is 8.12. The number of hydrogen-bond donors (Lipinski definition) is 0. The quantitative estimate of drug-likeness (QED) is 0.665. The first-order valence-corrected chi connectivity index (χ1v) is 10.0. The lowest BCUT2D eigenvalue weighted by Crippen LogP contribution is -2.32. The van der Waals surface area contributed by atoms with Crippen molar-refractivity contribution in [3.8, 4) is 11.5 Å². The summed E-state index contributed by atoms with van der Waals surface area (Å²) < 4.78 is 28.8. The molecule has 0 N–H and O–H groups in total. The molecule has 1 aromatic carbocycles. The lowest BCUT2D eigenvalue weighted by molar-refractivity contribution is 0.0325. The molecule has 3 heterocycles. The molecular weight excluding hydrogens is 356 g/mol. The van der Waals surface area contributed by atoms with E-state index in [1.54, 1.807) is 0 Å². The number of fused-ring (bicyclic) bond motifs is 1. The van der Waals surface area contributed by atoms with Crippen LogP contribution in [0.3, 0.4) is 0 Å². The van der Waals surface area contributed by atoms with E-state index in [0.29, 0.717) is 6.79 Å². The molecular formula is C23H28O5. The van der Waals surface area contributed by atoms with Gasteiger partial charge in [-0.15, -0.1) is 6.58 Å². The van der Waals surface area contributed by atoms with E-state index in [2.05, 4.69) is 31.7 Å². The van der Waals surface area contributed by atoms with Gasteiger partial charge in [-0.3, -0.25) is 0 Å². The van der Waals surface area contributed by atoms with E-state index in [0.717, 1.165) is 42.3 Å². The van der Waals surface area contributed by atoms with E-state index in [-0.39, 0.29) is 30.8 Å². The maximum absolute atomic E-state index is 6.08. The van der Waals surface area contributed by atoms with E-state index >= 15 is 0 Å². The van der Waals surface area contributed by atoms with Crippen molar-refractivity contribution < 1.29 is 23.7 Å². The predicted molar refractivity (Wildman–Crippen MR) is 106 cm³/mol. The molecule has 0 aromatic heterocycles. The van der Waals surface area contributed by atoms with Gasteiger partial charge in [-0.1, -0.05) is 25.1 Å². The first kappa shape index (κ1) is 19.1. The average molecular weight is 384 g/mol. The van der Waals surface area contributed by atoms with E-state index in [1.165, 1.54) is 5.57 Å². The summed E-state index contributed by atoms with van der Waals surface area (Å²) in [5.41, 5.74) is 2.37. The van der Waals surface area contributed by atoms with Crippen molar-refractivity contribution in [1.82, 2.24) is 0 Å². The van der Waals surface area contributed by atoms with Gasteiger partial charge in [0.25, 0.3) is 0 Å². The summed E-state index contributed by atoms with van der Waals surface area (Å²) in [7, 11) is 0. The molecule has 28 heavy (non-hydrogen) atoms. The van der Waals surface area contributed by atoms with Gasteiger partial charge in [-0.05, 0) is 42.7 Å². The highest BCUT2D eigenvalue weighted by Gasteiger charge is 2.39. The zero-order chi connectivity index (χ0) is 19.5. The molecule has 0 spiro atoms. The number of hydrogen-bond acceptors (Lipinski definition) is 5. The molecule has 0 bridgehead atoms. The SMILES string of the molecule is C=CC(/C=C1/CCO/C1=C/C)C(c1ccc2c(c1)OCO2)C1OCOC1CC. The van der Waals surface area contributed by atoms with Gasteiger partial charge >= 0.3 is 0 Å². The van der Waals surface area contributed by atoms with Crippen LogP contribution in [-0.4, -0.2) is 32.4 Å². The Hall–Kier alpha value is -2.24. The molecule has 0 amide bonds. The van der Waals surface area contributed by atoms with E-state index in [4.69, 9.17) is 23.7 Å². The molecule has 4 atom stereocenters. The predicted octanol–water partition coefficient (Wildman–Crippen LogP) is 4.70. The lowest BCUT2D eigenvalue weighted by Gasteiger charge is -2.31. The minimum Gasteiger partial charge on any atom is -0.493 e. The van der Waals surface area contributed by atoms with Gasteiger partial charge in [0, 0.05) is 18.3 Å². The van der Waals surface area contributed by atoms with Crippen molar-refractivity contribution in [2.24, 2.45) is 5.92 Å². The molecule has 150 valence electrons. The Morgan fingerprint density at radius 2 is 2.00 bits per heavy atom. The van der Waals surface area contributed by atoms with Crippen LogP contribution in [0.25, 0.3) is 0 Å². The normalized spacial score (nSPS) is 28.5. The highest BCUT2D eigenvalue weighted by molar-refractivity contribution is 5.46. The van der Waals surface area contributed by atoms with Crippen molar-refractivity contribution in [1.29, 1.82) is 0 Å². The Balaban J connectivity index is 1.73. The van der Waals surface area contributed by atoms with Crippen LogP contribution < -0.4 is 9.47 Å². The molecule has 4 unspecified atom stereocenters. The van der Waals surface area contributed by atoms with Gasteiger partial charge in [0.2, 0.25) is 6.79 Å². The molecule has 3 aliphatic heterocycles. The largest absolute Gasteiger partial charge is 0.493 e. The molecule has 4 rings (SSSR count). The number of ether oxygens (including phenoxy) is 5. The monoisotopic (exact) mass is 384 g/mol. The van der Waals surface area contributed by atoms with Crippen molar-refractivity contribution in [2.45, 2.75) is 44.8 Å². The third-order valence-corrected chi connectivity index (χ3v) is 5.73. The fourth-order valence-electron chi connectivity index (χ4n) is 4.32. The third-order valence-electron chi connectivity index (χ3n) is 5.73. The van der Waals surface area contributed by atoms with E-state index in [1.807, 2.05) is 25.1 Å². The van der Waals surface area contributed by atoms with Crippen LogP contribution >= 0.6 is 0 Å². The topological polar surface area (TPSA) is 46.2 Å². The Labute approximate surface area is 166 Å². The number of allylic oxidation sites excluding steroid dienone is 4. The average Bonchev–Trinajstić information content (AvgIpc) is 3.47. The Morgan fingerprint density at radius 3 is 2.79 bits per heavy atom. The van der Waals surface area contributed by atoms with Gasteiger partial charge in [0.05, 0.1) is 18.8 Å². The maximum Gasteiger partial charge on any atom is 0.231 e. The van der Waals surface area contributed by atoms with Crippen LogP contribution in [0.4, 0.5) is 0 Å². The number of rotatable bonds is 6. The van der Waals surface area contributed by atoms with Gasteiger partial charge < -0.3 is 23.7 Å². The summed E-state index contributed by atoms with van der Waals surface area (Å²) in [6.45, 7) is 9.60. The van der Waals surface area contributed by atoms with Crippen LogP contribution in [0.1, 0.15) is 38.2 Å². The lowest BCUT2D eigenvalue weighted by atomic mass is 9.78. The molecule has 2 saturated heterocycles. The Morgan fingerprint density at radius 1 is 1.14 bits per heavy atom. The van der Waals surface area contributed by atoms with Crippen LogP contribution in [0.15, 0.2) is 54.3 Å². The Bertz CT molecular complexity index is 781. The van der Waals surface area contributed by atoms with Crippen LogP contribution in [0.2, 0.25) is 0 Å². The minimum atomic E-state index is -0.0541. The van der Waals surface area contributed by atoms with Crippen LogP contribution in [-0.2, 0) is 14.2 Å².